The van der Waals surface area contributed by atoms with E-state index in [1.54, 1.807) is 17.0 Å². The Morgan fingerprint density at radius 2 is 2.50 bits per heavy atom. The minimum Gasteiger partial charge on any atom is -0.374 e. The van der Waals surface area contributed by atoms with Gasteiger partial charge in [-0.05, 0) is 6.92 Å². The summed E-state index contributed by atoms with van der Waals surface area (Å²) in [7, 11) is 0. The summed E-state index contributed by atoms with van der Waals surface area (Å²) < 4.78 is 5.64. The highest BCUT2D eigenvalue weighted by Gasteiger charge is 2.09. The van der Waals surface area contributed by atoms with E-state index in [1.807, 2.05) is 13.0 Å². The van der Waals surface area contributed by atoms with Gasteiger partial charge < -0.3 is 9.88 Å². The van der Waals surface area contributed by atoms with E-state index in [1.165, 1.54) is 11.5 Å². The summed E-state index contributed by atoms with van der Waals surface area (Å²) in [6.45, 7) is 3.36. The summed E-state index contributed by atoms with van der Waals surface area (Å²) in [6.07, 6.45) is 3.36. The summed E-state index contributed by atoms with van der Waals surface area (Å²) >= 11 is 1.32. The maximum atomic E-state index is 8.83. The van der Waals surface area contributed by atoms with Gasteiger partial charge in [-0.3, -0.25) is 0 Å². The minimum absolute atomic E-state index is 0.385. The van der Waals surface area contributed by atoms with Gasteiger partial charge in [-0.25, -0.2) is 4.98 Å². The van der Waals surface area contributed by atoms with Crippen LogP contribution in [0.3, 0.4) is 0 Å². The normalized spacial score (nSPS) is 10.0. The van der Waals surface area contributed by atoms with E-state index in [0.29, 0.717) is 12.4 Å². The van der Waals surface area contributed by atoms with Crippen LogP contribution >= 0.6 is 11.5 Å². The molecule has 0 aliphatic heterocycles. The van der Waals surface area contributed by atoms with Gasteiger partial charge >= 0.3 is 0 Å². The van der Waals surface area contributed by atoms with Gasteiger partial charge in [0, 0.05) is 30.5 Å². The number of nitriles is 1. The largest absolute Gasteiger partial charge is 0.374 e. The van der Waals surface area contributed by atoms with Crippen molar-refractivity contribution in [2.24, 2.45) is 0 Å². The first kappa shape index (κ1) is 10.6. The van der Waals surface area contributed by atoms with Crippen LogP contribution in [-0.4, -0.2) is 25.7 Å². The molecule has 1 N–H and O–H groups in total. The lowest BCUT2D eigenvalue weighted by Gasteiger charge is -2.03. The Bertz CT molecular complexity index is 508. The fraction of sp³-hybridized carbons (Fsp3) is 0.333. The molecule has 7 heteroatoms. The molecule has 0 aromatic carbocycles. The van der Waals surface area contributed by atoms with Crippen LogP contribution in [0.25, 0.3) is 0 Å². The third kappa shape index (κ3) is 2.01. The first-order valence-corrected chi connectivity index (χ1v) is 5.58. The molecular weight excluding hydrogens is 224 g/mol. The van der Waals surface area contributed by atoms with Crippen LogP contribution in [0.2, 0.25) is 0 Å². The molecule has 2 rings (SSSR count). The van der Waals surface area contributed by atoms with Crippen LogP contribution in [0, 0.1) is 11.3 Å². The lowest BCUT2D eigenvalue weighted by molar-refractivity contribution is 0.756. The predicted octanol–water partition coefficient (Wildman–Crippen LogP) is 1.09. The molecule has 2 aromatic heterocycles. The van der Waals surface area contributed by atoms with Gasteiger partial charge in [-0.1, -0.05) is 4.49 Å². The van der Waals surface area contributed by atoms with Gasteiger partial charge in [0.1, 0.15) is 16.8 Å². The first-order valence-electron chi connectivity index (χ1n) is 4.81. The molecule has 0 unspecified atom stereocenters. The number of nitrogens with zero attached hydrogens (tertiary/aromatic N) is 5. The Hall–Kier alpha value is -1.94. The van der Waals surface area contributed by atoms with Crippen molar-refractivity contribution in [3.05, 3.63) is 23.9 Å². The van der Waals surface area contributed by atoms with Crippen molar-refractivity contribution in [1.29, 1.82) is 5.26 Å². The molecule has 0 saturated carbocycles. The Morgan fingerprint density at radius 1 is 1.62 bits per heavy atom. The van der Waals surface area contributed by atoms with E-state index in [4.69, 9.17) is 5.26 Å². The summed E-state index contributed by atoms with van der Waals surface area (Å²) in [5.74, 6) is 0.385. The molecule has 0 atom stereocenters. The molecule has 0 fully saturated rings. The minimum atomic E-state index is 0.385. The first-order chi connectivity index (χ1) is 7.85. The highest BCUT2D eigenvalue weighted by molar-refractivity contribution is 7.10. The monoisotopic (exact) mass is 234 g/mol. The van der Waals surface area contributed by atoms with E-state index in [9.17, 15) is 0 Å². The average molecular weight is 234 g/mol. The highest BCUT2D eigenvalue weighted by Crippen LogP contribution is 2.18. The van der Waals surface area contributed by atoms with Gasteiger partial charge in [0.05, 0.1) is 6.54 Å². The number of rotatable bonds is 4. The zero-order valence-corrected chi connectivity index (χ0v) is 9.53. The molecule has 82 valence electrons. The molecule has 16 heavy (non-hydrogen) atoms. The van der Waals surface area contributed by atoms with Gasteiger partial charge in [-0.15, -0.1) is 5.10 Å². The number of hydrogen-bond donors (Lipinski definition) is 1. The molecule has 0 radical (unpaired) electrons. The fourth-order valence-corrected chi connectivity index (χ4v) is 1.96. The predicted molar refractivity (Wildman–Crippen MR) is 60.1 cm³/mol. The Labute approximate surface area is 96.7 Å². The van der Waals surface area contributed by atoms with Gasteiger partial charge in [-0.2, -0.15) is 5.26 Å². The second-order valence-electron chi connectivity index (χ2n) is 3.07. The third-order valence-corrected chi connectivity index (χ3v) is 2.75. The molecule has 0 aliphatic rings. The average Bonchev–Trinajstić information content (AvgIpc) is 2.89. The van der Waals surface area contributed by atoms with Crippen LogP contribution in [0.15, 0.2) is 12.4 Å². The molecule has 0 spiro atoms. The fourth-order valence-electron chi connectivity index (χ4n) is 1.32. The Balaban J connectivity index is 2.21. The van der Waals surface area contributed by atoms with Crippen molar-refractivity contribution < 1.29 is 0 Å². The molecule has 2 heterocycles. The van der Waals surface area contributed by atoms with Crippen LogP contribution < -0.4 is 5.32 Å². The van der Waals surface area contributed by atoms with Crippen LogP contribution in [0.4, 0.5) is 5.00 Å². The molecule has 2 aromatic rings. The maximum Gasteiger partial charge on any atom is 0.213 e. The summed E-state index contributed by atoms with van der Waals surface area (Å²) in [5.41, 5.74) is 0.835. The van der Waals surface area contributed by atoms with Crippen molar-refractivity contribution in [2.45, 2.75) is 13.5 Å². The van der Waals surface area contributed by atoms with Crippen LogP contribution in [0.1, 0.15) is 18.4 Å². The Kier molecular flexibility index (Phi) is 3.12. The van der Waals surface area contributed by atoms with Crippen molar-refractivity contribution in [3.63, 3.8) is 0 Å². The third-order valence-electron chi connectivity index (χ3n) is 2.03. The van der Waals surface area contributed by atoms with Crippen molar-refractivity contribution in [1.82, 2.24) is 19.1 Å². The van der Waals surface area contributed by atoms with Gasteiger partial charge in [0.2, 0.25) is 5.82 Å². The standard InChI is InChI=1S/C9H10N6S/c1-2-11-9-7(13-14-16-9)6-15-4-3-12-8(15)5-10/h3-4,11H,2,6H2,1H3. The lowest BCUT2D eigenvalue weighted by atomic mass is 10.4. The quantitative estimate of drug-likeness (QED) is 0.856. The molecule has 0 saturated heterocycles. The summed E-state index contributed by atoms with van der Waals surface area (Å²) in [6, 6.07) is 2.03. The molecule has 0 bridgehead atoms. The molecular formula is C9H10N6S. The van der Waals surface area contributed by atoms with E-state index in [0.717, 1.165) is 17.2 Å². The molecule has 0 amide bonds. The van der Waals surface area contributed by atoms with E-state index < -0.39 is 0 Å². The highest BCUT2D eigenvalue weighted by atomic mass is 32.1. The number of imidazole rings is 1. The van der Waals surface area contributed by atoms with Crippen molar-refractivity contribution >= 4 is 16.5 Å². The number of hydrogen-bond acceptors (Lipinski definition) is 6. The van der Waals surface area contributed by atoms with E-state index in [-0.39, 0.29) is 0 Å². The smallest absolute Gasteiger partial charge is 0.213 e. The Morgan fingerprint density at radius 3 is 3.25 bits per heavy atom. The second kappa shape index (κ2) is 4.72. The van der Waals surface area contributed by atoms with E-state index >= 15 is 0 Å². The van der Waals surface area contributed by atoms with Crippen LogP contribution in [0.5, 0.6) is 0 Å². The number of aromatic nitrogens is 4. The topological polar surface area (TPSA) is 79.4 Å². The van der Waals surface area contributed by atoms with Crippen molar-refractivity contribution in [3.8, 4) is 6.07 Å². The summed E-state index contributed by atoms with van der Waals surface area (Å²) in [5, 5.41) is 17.0. The van der Waals surface area contributed by atoms with Gasteiger partial charge in [0.25, 0.3) is 0 Å². The zero-order chi connectivity index (χ0) is 11.4. The molecule has 0 aliphatic carbocycles. The van der Waals surface area contributed by atoms with Crippen LogP contribution in [-0.2, 0) is 6.54 Å². The lowest BCUT2D eigenvalue weighted by Crippen LogP contribution is -2.05. The SMILES string of the molecule is CCNc1snnc1Cn1ccnc1C#N. The number of anilines is 1. The summed E-state index contributed by atoms with van der Waals surface area (Å²) in [4.78, 5) is 3.93. The van der Waals surface area contributed by atoms with Gasteiger partial charge in [0.15, 0.2) is 0 Å². The maximum absolute atomic E-state index is 8.83. The second-order valence-corrected chi connectivity index (χ2v) is 3.82. The van der Waals surface area contributed by atoms with Crippen molar-refractivity contribution in [2.75, 3.05) is 11.9 Å². The molecule has 6 nitrogen and oxygen atoms in total. The number of nitrogens with one attached hydrogen (secondary N) is 1. The zero-order valence-electron chi connectivity index (χ0n) is 8.71. The van der Waals surface area contributed by atoms with E-state index in [2.05, 4.69) is 19.9 Å².